The van der Waals surface area contributed by atoms with Crippen LogP contribution in [0.1, 0.15) is 0 Å². The topological polar surface area (TPSA) is 177 Å². The summed E-state index contributed by atoms with van der Waals surface area (Å²) in [6.45, 7) is 3.27. The van der Waals surface area contributed by atoms with Crippen LogP contribution in [0.5, 0.6) is 0 Å². The monoisotopic (exact) mass is 1250 g/mol. The van der Waals surface area contributed by atoms with Gasteiger partial charge >= 0.3 is 50.5 Å². The van der Waals surface area contributed by atoms with Gasteiger partial charge in [0.15, 0.2) is 0 Å². The number of hydrogen-bond donors (Lipinski definition) is 7. The molecule has 0 saturated carbocycles. The van der Waals surface area contributed by atoms with Crippen LogP contribution in [-0.4, -0.2) is 99.3 Å². The van der Waals surface area contributed by atoms with Crippen molar-refractivity contribution in [3.63, 3.8) is 0 Å². The summed E-state index contributed by atoms with van der Waals surface area (Å²) in [6.07, 6.45) is 0. The summed E-state index contributed by atoms with van der Waals surface area (Å²) in [5.74, 6) is 0.569. The summed E-state index contributed by atoms with van der Waals surface area (Å²) in [6, 6.07) is 0. The molecule has 0 spiro atoms. The van der Waals surface area contributed by atoms with Gasteiger partial charge in [-0.2, -0.15) is 0 Å². The number of nitrogens with zero attached hydrogens (tertiary/aromatic N) is 1. The van der Waals surface area contributed by atoms with Crippen LogP contribution < -0.4 is 41.5 Å². The van der Waals surface area contributed by atoms with E-state index in [9.17, 15) is 0 Å². The van der Waals surface area contributed by atoms with E-state index in [1.54, 1.807) is 0 Å². The summed E-state index contributed by atoms with van der Waals surface area (Å²) in [5.41, 5.74) is 19.6. The fraction of sp³-hybridized carbons (Fsp3) is 1.00. The van der Waals surface area contributed by atoms with E-state index in [1.807, 2.05) is 28.2 Å². The summed E-state index contributed by atoms with van der Waals surface area (Å²) in [7, 11) is 15.1. The van der Waals surface area contributed by atoms with Gasteiger partial charge in [0.2, 0.25) is 9.23 Å². The van der Waals surface area contributed by atoms with Crippen LogP contribution in [0.3, 0.4) is 0 Å². The first-order chi connectivity index (χ1) is 14.1. The number of hydrogen-bond acceptors (Lipinski definition) is 9. The quantitative estimate of drug-likeness (QED) is 0.114. The van der Waals surface area contributed by atoms with Crippen molar-refractivity contribution in [1.29, 1.82) is 0 Å². The van der Waals surface area contributed by atoms with E-state index in [4.69, 9.17) is 49.0 Å². The molecule has 0 aromatic heterocycles. The molecule has 0 saturated heterocycles. The van der Waals surface area contributed by atoms with E-state index in [1.165, 1.54) is 0 Å². The number of likely N-dealkylation sites (N-methyl/N-ethyl adjacent to an activating group) is 1. The van der Waals surface area contributed by atoms with Crippen LogP contribution in [-0.2, 0) is 9.23 Å². The molecule has 0 fully saturated rings. The van der Waals surface area contributed by atoms with E-state index in [0.29, 0.717) is 38.8 Å². The van der Waals surface area contributed by atoms with Crippen LogP contribution >= 0.6 is 144 Å². The summed E-state index contributed by atoms with van der Waals surface area (Å²) in [4.78, 5) is 2.06. The number of nitrogens with one attached hydrogen (secondary N) is 1. The van der Waals surface area contributed by atoms with Crippen molar-refractivity contribution in [3.05, 3.63) is 0 Å². The second kappa shape index (κ2) is 99.6. The number of aliphatic hydroxyl groups excluding tert-OH is 2. The minimum Gasteiger partial charge on any atom is -0.395 e. The maximum absolute atomic E-state index is 9.09. The molecule has 32 heavy (non-hydrogen) atoms. The van der Waals surface area contributed by atoms with Gasteiger partial charge in [-0.25, -0.2) is 4.21 Å². The zero-order valence-electron chi connectivity index (χ0n) is 18.5. The third-order valence-corrected chi connectivity index (χ3v) is 1.16. The molecule has 0 rings (SSSR count). The first kappa shape index (κ1) is 66.0. The molecule has 0 aromatic carbocycles. The van der Waals surface area contributed by atoms with E-state index in [0.717, 1.165) is 13.1 Å². The molecule has 20 heteroatoms. The first-order valence-electron chi connectivity index (χ1n) is 7.65. The maximum Gasteiger partial charge on any atom is 0.211 e. The summed E-state index contributed by atoms with van der Waals surface area (Å²) in [5, 5.41) is 18.2. The van der Waals surface area contributed by atoms with Crippen molar-refractivity contribution < 1.29 is 27.7 Å². The fourth-order valence-electron chi connectivity index (χ4n) is 0.258. The normalized spacial score (nSPS) is 7.22. The van der Waals surface area contributed by atoms with Crippen LogP contribution in [0.25, 0.3) is 0 Å². The van der Waals surface area contributed by atoms with Crippen molar-refractivity contribution in [3.8, 4) is 0 Å². The Labute approximate surface area is 288 Å². The smallest absolute Gasteiger partial charge is 0.211 e. The minimum atomic E-state index is -1.67. The molecule has 9 nitrogen and oxygen atoms in total. The van der Waals surface area contributed by atoms with Gasteiger partial charge < -0.3 is 43.4 Å². The van der Waals surface area contributed by atoms with E-state index in [-0.39, 0.29) is 49.6 Å². The molecule has 0 atom stereocenters. The van der Waals surface area contributed by atoms with Crippen molar-refractivity contribution in [2.24, 2.45) is 22.9 Å². The molecule has 0 unspecified atom stereocenters. The van der Waals surface area contributed by atoms with Gasteiger partial charge in [-0.1, -0.05) is 0 Å². The van der Waals surface area contributed by atoms with Crippen molar-refractivity contribution >= 4 is 153 Å². The SMILES string of the molecule is CN(C)CCN.CNC.Cl.I.II.I[I-]I.NCCCl.NCCO.NCCO.O=S(Cl)Cl. The Morgan fingerprint density at radius 3 is 1.09 bits per heavy atom. The Morgan fingerprint density at radius 1 is 0.938 bits per heavy atom. The third kappa shape index (κ3) is 323. The number of halogens is 10. The average molecular weight is 1250 g/mol. The van der Waals surface area contributed by atoms with Gasteiger partial charge in [-0.3, -0.25) is 0 Å². The predicted molar refractivity (Wildman–Crippen MR) is 193 cm³/mol. The number of nitrogens with two attached hydrogens (primary N) is 4. The van der Waals surface area contributed by atoms with Crippen molar-refractivity contribution in [2.45, 2.75) is 0 Å². The minimum absolute atomic E-state index is 0. The molecular weight excluding hydrogens is 1210 g/mol. The van der Waals surface area contributed by atoms with Crippen LogP contribution in [0.4, 0.5) is 0 Å². The second-order valence-corrected chi connectivity index (χ2v) is 23.0. The van der Waals surface area contributed by atoms with Crippen LogP contribution in [0.2, 0.25) is 0 Å². The van der Waals surface area contributed by atoms with Crippen LogP contribution in [0, 0.1) is 0 Å². The Hall–Kier alpha value is 5.37. The molecule has 0 heterocycles. The summed E-state index contributed by atoms with van der Waals surface area (Å²) >= 11 is 14.6. The second-order valence-electron chi connectivity index (χ2n) is 3.83. The predicted octanol–water partition coefficient (Wildman–Crippen LogP) is 0.0303. The third-order valence-electron chi connectivity index (χ3n) is 0.944. The zero-order valence-corrected chi connectivity index (χ0v) is 35.5. The molecule has 0 amide bonds. The number of aliphatic hydroxyl groups is 2. The first-order valence-corrected chi connectivity index (χ1v) is 29.8. The Bertz CT molecular complexity index is 207. The molecule has 214 valence electrons. The van der Waals surface area contributed by atoms with Gasteiger partial charge in [0.1, 0.15) is 0 Å². The Kier molecular flexibility index (Phi) is 205. The molecule has 0 bridgehead atoms. The standard InChI is InChI=1S/C4H12N2.C2H6ClN.2C2H7NO.C2H7N.Cl2OS.ClH.I3.I2.HI/c1-6(2)4-3-5;3*3-1-2-4;1-3-2;1-4(2)3;;1-3-2;1-2;/h3-5H2,1-2H3;1-2,4H2;2*4H,1-3H2;3H,1-2H3;;1H;;;1H/q;;;;;;;-1;;. The summed E-state index contributed by atoms with van der Waals surface area (Å²) < 4.78 is 9.09. The van der Waals surface area contributed by atoms with Gasteiger partial charge in [0.25, 0.3) is 0 Å². The van der Waals surface area contributed by atoms with Gasteiger partial charge in [-0.15, -0.1) is 48.0 Å². The largest absolute Gasteiger partial charge is 0.395 e. The Balaban J connectivity index is -0.0000000218. The molecule has 0 aliphatic heterocycles. The zero-order chi connectivity index (χ0) is 26.2. The Morgan fingerprint density at radius 2 is 1.09 bits per heavy atom. The van der Waals surface area contributed by atoms with Crippen molar-refractivity contribution in [2.75, 3.05) is 80.0 Å². The number of rotatable bonds is 5. The van der Waals surface area contributed by atoms with E-state index >= 15 is 0 Å². The van der Waals surface area contributed by atoms with Crippen molar-refractivity contribution in [1.82, 2.24) is 10.2 Å². The van der Waals surface area contributed by atoms with Crippen LogP contribution in [0.15, 0.2) is 0 Å². The molecule has 11 N–H and O–H groups in total. The van der Waals surface area contributed by atoms with Gasteiger partial charge in [0, 0.05) is 97.2 Å². The molecule has 0 radical (unpaired) electrons. The van der Waals surface area contributed by atoms with Gasteiger partial charge in [0.05, 0.1) is 13.2 Å². The van der Waals surface area contributed by atoms with E-state index in [2.05, 4.69) is 106 Å². The number of alkyl halides is 1. The van der Waals surface area contributed by atoms with Gasteiger partial charge in [-0.05, 0) is 28.2 Å². The molecule has 0 aliphatic carbocycles. The molecular formula is C12H41Cl4I6N6O3S-. The fourth-order valence-corrected chi connectivity index (χ4v) is 0.258. The average Bonchev–Trinajstić information content (AvgIpc) is 2.70. The molecule has 0 aromatic rings. The molecule has 0 aliphatic rings. The maximum atomic E-state index is 9.09. The van der Waals surface area contributed by atoms with E-state index < -0.39 is 9.23 Å².